The minimum absolute atomic E-state index is 0.101. The van der Waals surface area contributed by atoms with Crippen LogP contribution in [0.3, 0.4) is 0 Å². The van der Waals surface area contributed by atoms with E-state index in [1.807, 2.05) is 48.5 Å². The molecule has 0 amide bonds. The molecule has 200 valence electrons. The molecule has 0 aliphatic heterocycles. The minimum atomic E-state index is -0.460. The molecule has 1 aliphatic rings. The minimum Gasteiger partial charge on any atom is -0.423 e. The van der Waals surface area contributed by atoms with E-state index < -0.39 is 11.9 Å². The fourth-order valence-corrected chi connectivity index (χ4v) is 5.34. The van der Waals surface area contributed by atoms with Gasteiger partial charge < -0.3 is 9.47 Å². The molecule has 1 aliphatic carbocycles. The van der Waals surface area contributed by atoms with E-state index in [-0.39, 0.29) is 5.41 Å². The van der Waals surface area contributed by atoms with Crippen LogP contribution in [0.15, 0.2) is 110 Å². The van der Waals surface area contributed by atoms with Gasteiger partial charge in [-0.15, -0.1) is 0 Å². The van der Waals surface area contributed by atoms with E-state index >= 15 is 0 Å². The molecule has 4 heteroatoms. The van der Waals surface area contributed by atoms with Crippen LogP contribution >= 0.6 is 0 Å². The van der Waals surface area contributed by atoms with Gasteiger partial charge in [0.1, 0.15) is 11.5 Å². The molecule has 0 unspecified atom stereocenters. The third kappa shape index (κ3) is 5.67. The van der Waals surface area contributed by atoms with Crippen molar-refractivity contribution in [3.8, 4) is 22.6 Å². The number of hydrogen-bond donors (Lipinski definition) is 0. The lowest BCUT2D eigenvalue weighted by Crippen LogP contribution is -2.15. The molecule has 0 radical (unpaired) electrons. The van der Waals surface area contributed by atoms with Crippen LogP contribution in [0.1, 0.15) is 47.2 Å². The molecule has 0 saturated carbocycles. The maximum absolute atomic E-state index is 11.4. The molecule has 0 saturated heterocycles. The molecule has 40 heavy (non-hydrogen) atoms. The van der Waals surface area contributed by atoms with E-state index in [9.17, 15) is 9.59 Å². The summed E-state index contributed by atoms with van der Waals surface area (Å²) in [5, 5.41) is 0. The lowest BCUT2D eigenvalue weighted by Gasteiger charge is -2.22. The standard InChI is InChI=1S/C36H32O4/c1-5-34(37)39-28-15-9-24(10-16-28)7-8-26-13-19-30-31-20-14-27(23-33(31)36(3,4)32(30)22-26)21-25-11-17-29(18-12-25)40-35(38)6-2/h5-6,9-20,22-23H,1-2,7-8,21H2,3-4H3. The quantitative estimate of drug-likeness (QED) is 0.128. The van der Waals surface area contributed by atoms with Crippen molar-refractivity contribution in [3.05, 3.63) is 144 Å². The number of benzene rings is 4. The summed E-state index contributed by atoms with van der Waals surface area (Å²) in [5.41, 5.74) is 10.1. The van der Waals surface area contributed by atoms with Gasteiger partial charge in [0.15, 0.2) is 0 Å². The van der Waals surface area contributed by atoms with Gasteiger partial charge in [-0.2, -0.15) is 0 Å². The molecule has 0 heterocycles. The van der Waals surface area contributed by atoms with Crippen molar-refractivity contribution < 1.29 is 19.1 Å². The van der Waals surface area contributed by atoms with Gasteiger partial charge in [0, 0.05) is 17.6 Å². The number of rotatable bonds is 9. The van der Waals surface area contributed by atoms with Gasteiger partial charge in [0.2, 0.25) is 0 Å². The first-order valence-corrected chi connectivity index (χ1v) is 13.4. The average molecular weight is 529 g/mol. The molecule has 0 N–H and O–H groups in total. The van der Waals surface area contributed by atoms with E-state index in [1.54, 1.807) is 0 Å². The fourth-order valence-electron chi connectivity index (χ4n) is 5.34. The van der Waals surface area contributed by atoms with Crippen LogP contribution in [-0.2, 0) is 34.3 Å². The summed E-state index contributed by atoms with van der Waals surface area (Å²) in [6, 6.07) is 28.9. The van der Waals surface area contributed by atoms with Crippen molar-refractivity contribution in [2.24, 2.45) is 0 Å². The first-order chi connectivity index (χ1) is 19.3. The molecule has 0 atom stereocenters. The van der Waals surface area contributed by atoms with Crippen molar-refractivity contribution in [3.63, 3.8) is 0 Å². The van der Waals surface area contributed by atoms with E-state index in [0.29, 0.717) is 11.5 Å². The first kappa shape index (κ1) is 26.9. The van der Waals surface area contributed by atoms with Gasteiger partial charge in [-0.25, -0.2) is 9.59 Å². The number of esters is 2. The SMILES string of the molecule is C=CC(=O)Oc1ccc(CCc2ccc3c(c2)C(C)(C)c2cc(Cc4ccc(OC(=O)C=C)cc4)ccc2-3)cc1. The molecule has 0 spiro atoms. The highest BCUT2D eigenvalue weighted by Crippen LogP contribution is 2.49. The molecule has 4 nitrogen and oxygen atoms in total. The topological polar surface area (TPSA) is 52.6 Å². The molecule has 0 aromatic heterocycles. The second-order valence-corrected chi connectivity index (χ2v) is 10.6. The fraction of sp³-hybridized carbons (Fsp3) is 0.167. The molecule has 0 fully saturated rings. The summed E-state index contributed by atoms with van der Waals surface area (Å²) < 4.78 is 10.4. The Morgan fingerprint density at radius 3 is 1.57 bits per heavy atom. The van der Waals surface area contributed by atoms with Gasteiger partial charge in [-0.3, -0.25) is 0 Å². The number of carbonyl (C=O) groups excluding carboxylic acids is 2. The van der Waals surface area contributed by atoms with Crippen molar-refractivity contribution >= 4 is 11.9 Å². The van der Waals surface area contributed by atoms with Crippen LogP contribution in [0.25, 0.3) is 11.1 Å². The van der Waals surface area contributed by atoms with Gasteiger partial charge in [-0.05, 0) is 88.0 Å². The third-order valence-corrected chi connectivity index (χ3v) is 7.53. The monoisotopic (exact) mass is 528 g/mol. The normalized spacial score (nSPS) is 12.7. The Morgan fingerprint density at radius 2 is 1.05 bits per heavy atom. The Hall–Kier alpha value is -4.70. The highest BCUT2D eigenvalue weighted by Gasteiger charge is 2.35. The number of aryl methyl sites for hydroxylation is 2. The molecular formula is C36H32O4. The van der Waals surface area contributed by atoms with Crippen molar-refractivity contribution in [2.75, 3.05) is 0 Å². The predicted octanol–water partition coefficient (Wildman–Crippen LogP) is 7.55. The van der Waals surface area contributed by atoms with Gasteiger partial charge >= 0.3 is 11.9 Å². The van der Waals surface area contributed by atoms with Crippen LogP contribution < -0.4 is 9.47 Å². The smallest absolute Gasteiger partial charge is 0.335 e. The summed E-state index contributed by atoms with van der Waals surface area (Å²) >= 11 is 0. The molecule has 0 bridgehead atoms. The Bertz CT molecular complexity index is 1590. The van der Waals surface area contributed by atoms with E-state index in [4.69, 9.17) is 9.47 Å². The zero-order valence-corrected chi connectivity index (χ0v) is 22.9. The van der Waals surface area contributed by atoms with Crippen LogP contribution in [-0.4, -0.2) is 11.9 Å². The molecule has 5 rings (SSSR count). The van der Waals surface area contributed by atoms with Crippen LogP contribution in [0.4, 0.5) is 0 Å². The number of ether oxygens (including phenoxy) is 2. The zero-order valence-electron chi connectivity index (χ0n) is 22.9. The largest absolute Gasteiger partial charge is 0.423 e. The van der Waals surface area contributed by atoms with Gasteiger partial charge in [0.25, 0.3) is 0 Å². The zero-order chi connectivity index (χ0) is 28.3. The highest BCUT2D eigenvalue weighted by atomic mass is 16.5. The summed E-state index contributed by atoms with van der Waals surface area (Å²) in [7, 11) is 0. The molecule has 4 aromatic carbocycles. The number of carbonyl (C=O) groups is 2. The predicted molar refractivity (Wildman–Crippen MR) is 159 cm³/mol. The average Bonchev–Trinajstić information content (AvgIpc) is 3.19. The highest BCUT2D eigenvalue weighted by molar-refractivity contribution is 5.84. The first-order valence-electron chi connectivity index (χ1n) is 13.4. The third-order valence-electron chi connectivity index (χ3n) is 7.53. The number of hydrogen-bond acceptors (Lipinski definition) is 4. The van der Waals surface area contributed by atoms with E-state index in [0.717, 1.165) is 37.0 Å². The Kier molecular flexibility index (Phi) is 7.52. The van der Waals surface area contributed by atoms with Gasteiger partial charge in [0.05, 0.1) is 0 Å². The van der Waals surface area contributed by atoms with Crippen molar-refractivity contribution in [2.45, 2.75) is 38.5 Å². The van der Waals surface area contributed by atoms with Crippen LogP contribution in [0.2, 0.25) is 0 Å². The van der Waals surface area contributed by atoms with E-state index in [2.05, 4.69) is 63.4 Å². The Labute approximate surface area is 235 Å². The summed E-state index contributed by atoms with van der Waals surface area (Å²) in [6.07, 6.45) is 4.94. The summed E-state index contributed by atoms with van der Waals surface area (Å²) in [6.45, 7) is 11.5. The van der Waals surface area contributed by atoms with Crippen molar-refractivity contribution in [1.29, 1.82) is 0 Å². The Balaban J connectivity index is 1.28. The Morgan fingerprint density at radius 1 is 0.625 bits per heavy atom. The molecular weight excluding hydrogens is 496 g/mol. The lowest BCUT2D eigenvalue weighted by molar-refractivity contribution is -0.129. The van der Waals surface area contributed by atoms with Crippen LogP contribution in [0, 0.1) is 0 Å². The second-order valence-electron chi connectivity index (χ2n) is 10.6. The summed E-state index contributed by atoms with van der Waals surface area (Å²) in [4.78, 5) is 22.8. The summed E-state index contributed by atoms with van der Waals surface area (Å²) in [5.74, 6) is 0.125. The number of fused-ring (bicyclic) bond motifs is 3. The maximum atomic E-state index is 11.4. The van der Waals surface area contributed by atoms with Gasteiger partial charge in [-0.1, -0.05) is 87.7 Å². The van der Waals surface area contributed by atoms with Crippen molar-refractivity contribution in [1.82, 2.24) is 0 Å². The van der Waals surface area contributed by atoms with Crippen LogP contribution in [0.5, 0.6) is 11.5 Å². The molecule has 4 aromatic rings. The maximum Gasteiger partial charge on any atom is 0.335 e. The van der Waals surface area contributed by atoms with E-state index in [1.165, 1.54) is 38.9 Å². The second kappa shape index (κ2) is 11.2. The lowest BCUT2D eigenvalue weighted by atomic mass is 9.81.